The van der Waals surface area contributed by atoms with Gasteiger partial charge in [-0.15, -0.1) is 0 Å². The monoisotopic (exact) mass is 243 g/mol. The molecule has 104 valence electrons. The minimum Gasteiger partial charge on any atom is -0.314 e. The third-order valence-corrected chi connectivity index (χ3v) is 3.49. The molecule has 1 N–H and O–H groups in total. The van der Waals surface area contributed by atoms with Crippen molar-refractivity contribution < 1.29 is 0 Å². The highest BCUT2D eigenvalue weighted by Gasteiger charge is 2.03. The molecule has 0 saturated heterocycles. The fourth-order valence-corrected chi connectivity index (χ4v) is 1.92. The molecule has 0 fully saturated rings. The van der Waals surface area contributed by atoms with E-state index in [4.69, 9.17) is 0 Å². The van der Waals surface area contributed by atoms with E-state index in [0.29, 0.717) is 0 Å². The van der Waals surface area contributed by atoms with Gasteiger partial charge in [0.05, 0.1) is 0 Å². The van der Waals surface area contributed by atoms with Gasteiger partial charge in [0.2, 0.25) is 0 Å². The highest BCUT2D eigenvalue weighted by molar-refractivity contribution is 4.60. The highest BCUT2D eigenvalue weighted by atomic mass is 15.1. The van der Waals surface area contributed by atoms with Gasteiger partial charge in [-0.1, -0.05) is 34.1 Å². The van der Waals surface area contributed by atoms with E-state index in [1.54, 1.807) is 0 Å². The molecule has 0 aliphatic heterocycles. The fourth-order valence-electron chi connectivity index (χ4n) is 1.92. The zero-order valence-electron chi connectivity index (χ0n) is 12.6. The van der Waals surface area contributed by atoms with Crippen molar-refractivity contribution in [2.24, 2.45) is 5.92 Å². The van der Waals surface area contributed by atoms with Crippen LogP contribution >= 0.6 is 0 Å². The van der Waals surface area contributed by atoms with Crippen LogP contribution in [0.2, 0.25) is 0 Å². The van der Waals surface area contributed by atoms with E-state index in [-0.39, 0.29) is 0 Å². The van der Waals surface area contributed by atoms with Crippen molar-refractivity contribution in [3.63, 3.8) is 0 Å². The van der Waals surface area contributed by atoms with Crippen molar-refractivity contribution in [1.82, 2.24) is 15.1 Å². The van der Waals surface area contributed by atoms with Crippen LogP contribution < -0.4 is 5.32 Å². The van der Waals surface area contributed by atoms with Gasteiger partial charge in [-0.3, -0.25) is 0 Å². The summed E-state index contributed by atoms with van der Waals surface area (Å²) in [6.45, 7) is 17.1. The van der Waals surface area contributed by atoms with Crippen LogP contribution in [-0.4, -0.2) is 62.7 Å². The first-order valence-corrected chi connectivity index (χ1v) is 7.25. The van der Waals surface area contributed by atoms with E-state index in [0.717, 1.165) is 38.6 Å². The molecule has 1 unspecified atom stereocenters. The van der Waals surface area contributed by atoms with Crippen molar-refractivity contribution in [2.75, 3.05) is 52.9 Å². The Morgan fingerprint density at radius 1 is 1.00 bits per heavy atom. The first kappa shape index (κ1) is 16.9. The SMILES string of the molecule is CCC(C)CN(C)CCNCCN(CC)CC. The second kappa shape index (κ2) is 11.0. The molecule has 0 saturated carbocycles. The fraction of sp³-hybridized carbons (Fsp3) is 1.00. The topological polar surface area (TPSA) is 18.5 Å². The molecule has 17 heavy (non-hydrogen) atoms. The van der Waals surface area contributed by atoms with Gasteiger partial charge < -0.3 is 15.1 Å². The number of nitrogens with zero attached hydrogens (tertiary/aromatic N) is 2. The Hall–Kier alpha value is -0.120. The second-order valence-corrected chi connectivity index (χ2v) is 5.05. The maximum Gasteiger partial charge on any atom is 0.0107 e. The summed E-state index contributed by atoms with van der Waals surface area (Å²) in [7, 11) is 2.22. The van der Waals surface area contributed by atoms with Crippen LogP contribution in [0.25, 0.3) is 0 Å². The zero-order chi connectivity index (χ0) is 13.1. The van der Waals surface area contributed by atoms with E-state index in [1.165, 1.54) is 19.5 Å². The van der Waals surface area contributed by atoms with Gasteiger partial charge in [-0.05, 0) is 26.1 Å². The van der Waals surface area contributed by atoms with Crippen molar-refractivity contribution in [2.45, 2.75) is 34.1 Å². The van der Waals surface area contributed by atoms with E-state index in [2.05, 4.69) is 49.9 Å². The Morgan fingerprint density at radius 3 is 2.12 bits per heavy atom. The molecule has 0 aliphatic rings. The Labute approximate surface area is 109 Å². The maximum atomic E-state index is 3.52. The van der Waals surface area contributed by atoms with Crippen LogP contribution in [0.15, 0.2) is 0 Å². The molecule has 3 nitrogen and oxygen atoms in total. The summed E-state index contributed by atoms with van der Waals surface area (Å²) in [6.07, 6.45) is 1.28. The van der Waals surface area contributed by atoms with Gasteiger partial charge in [-0.2, -0.15) is 0 Å². The third-order valence-electron chi connectivity index (χ3n) is 3.49. The molecular weight excluding hydrogens is 210 g/mol. The lowest BCUT2D eigenvalue weighted by Crippen LogP contribution is -2.36. The lowest BCUT2D eigenvalue weighted by Gasteiger charge is -2.21. The molecule has 0 aromatic rings. The molecule has 0 spiro atoms. The number of rotatable bonds is 11. The summed E-state index contributed by atoms with van der Waals surface area (Å²) < 4.78 is 0. The Morgan fingerprint density at radius 2 is 1.59 bits per heavy atom. The minimum absolute atomic E-state index is 0.815. The van der Waals surface area contributed by atoms with Crippen molar-refractivity contribution in [3.8, 4) is 0 Å². The molecule has 0 aromatic carbocycles. The van der Waals surface area contributed by atoms with Crippen molar-refractivity contribution in [1.29, 1.82) is 0 Å². The van der Waals surface area contributed by atoms with Gasteiger partial charge in [0.1, 0.15) is 0 Å². The van der Waals surface area contributed by atoms with Crippen LogP contribution in [0.3, 0.4) is 0 Å². The maximum absolute atomic E-state index is 3.52. The molecule has 0 radical (unpaired) electrons. The first-order valence-electron chi connectivity index (χ1n) is 7.25. The Bertz CT molecular complexity index is 158. The van der Waals surface area contributed by atoms with Gasteiger partial charge in [0.25, 0.3) is 0 Å². The van der Waals surface area contributed by atoms with E-state index >= 15 is 0 Å². The zero-order valence-corrected chi connectivity index (χ0v) is 12.6. The normalized spacial score (nSPS) is 13.6. The molecule has 0 amide bonds. The second-order valence-electron chi connectivity index (χ2n) is 5.05. The average molecular weight is 243 g/mol. The predicted octanol–water partition coefficient (Wildman–Crippen LogP) is 1.90. The standard InChI is InChI=1S/C14H33N3/c1-6-14(4)13-16(5)11-9-15-10-12-17(7-2)8-3/h14-15H,6-13H2,1-5H3. The molecule has 0 bridgehead atoms. The Kier molecular flexibility index (Phi) is 10.9. The van der Waals surface area contributed by atoms with E-state index in [9.17, 15) is 0 Å². The van der Waals surface area contributed by atoms with Gasteiger partial charge in [0, 0.05) is 32.7 Å². The Balaban J connectivity index is 3.38. The van der Waals surface area contributed by atoms with Crippen LogP contribution in [0, 0.1) is 5.92 Å². The smallest absolute Gasteiger partial charge is 0.0107 e. The lowest BCUT2D eigenvalue weighted by molar-refractivity contribution is 0.272. The van der Waals surface area contributed by atoms with Gasteiger partial charge >= 0.3 is 0 Å². The number of hydrogen-bond acceptors (Lipinski definition) is 3. The summed E-state index contributed by atoms with van der Waals surface area (Å²) >= 11 is 0. The predicted molar refractivity (Wildman–Crippen MR) is 77.6 cm³/mol. The van der Waals surface area contributed by atoms with Crippen LogP contribution in [0.4, 0.5) is 0 Å². The third kappa shape index (κ3) is 9.57. The van der Waals surface area contributed by atoms with Gasteiger partial charge in [0.15, 0.2) is 0 Å². The number of nitrogens with one attached hydrogen (secondary N) is 1. The average Bonchev–Trinajstić information content (AvgIpc) is 2.33. The lowest BCUT2D eigenvalue weighted by atomic mass is 10.1. The van der Waals surface area contributed by atoms with Crippen molar-refractivity contribution >= 4 is 0 Å². The highest BCUT2D eigenvalue weighted by Crippen LogP contribution is 2.01. The first-order chi connectivity index (χ1) is 8.13. The van der Waals surface area contributed by atoms with E-state index < -0.39 is 0 Å². The molecule has 3 heteroatoms. The van der Waals surface area contributed by atoms with Crippen LogP contribution in [0.5, 0.6) is 0 Å². The molecule has 1 atom stereocenters. The molecule has 0 aromatic heterocycles. The largest absolute Gasteiger partial charge is 0.314 e. The van der Waals surface area contributed by atoms with E-state index in [1.807, 2.05) is 0 Å². The number of likely N-dealkylation sites (N-methyl/N-ethyl adjacent to an activating group) is 2. The molecular formula is C14H33N3. The van der Waals surface area contributed by atoms with Crippen molar-refractivity contribution in [3.05, 3.63) is 0 Å². The molecule has 0 heterocycles. The quantitative estimate of drug-likeness (QED) is 0.559. The molecule has 0 aliphatic carbocycles. The number of hydrogen-bond donors (Lipinski definition) is 1. The molecule has 0 rings (SSSR count). The summed E-state index contributed by atoms with van der Waals surface area (Å²) in [5.41, 5.74) is 0. The van der Waals surface area contributed by atoms with Gasteiger partial charge in [-0.25, -0.2) is 0 Å². The van der Waals surface area contributed by atoms with Crippen LogP contribution in [0.1, 0.15) is 34.1 Å². The summed E-state index contributed by atoms with van der Waals surface area (Å²) in [5, 5.41) is 3.52. The minimum atomic E-state index is 0.815. The summed E-state index contributed by atoms with van der Waals surface area (Å²) in [5.74, 6) is 0.815. The van der Waals surface area contributed by atoms with Crippen LogP contribution in [-0.2, 0) is 0 Å². The summed E-state index contributed by atoms with van der Waals surface area (Å²) in [6, 6.07) is 0. The summed E-state index contributed by atoms with van der Waals surface area (Å²) in [4.78, 5) is 4.88.